The van der Waals surface area contributed by atoms with E-state index in [1.165, 1.54) is 19.3 Å². The van der Waals surface area contributed by atoms with Crippen LogP contribution in [0, 0.1) is 5.92 Å². The van der Waals surface area contributed by atoms with E-state index in [1.54, 1.807) is 0 Å². The monoisotopic (exact) mass is 363 g/mol. The van der Waals surface area contributed by atoms with Gasteiger partial charge >= 0.3 is 0 Å². The molecule has 0 atom stereocenters. The van der Waals surface area contributed by atoms with Crippen molar-refractivity contribution >= 4 is 34.8 Å². The topological polar surface area (TPSA) is 61.4 Å². The molecule has 1 saturated heterocycles. The average molecular weight is 364 g/mol. The van der Waals surface area contributed by atoms with Gasteiger partial charge in [-0.3, -0.25) is 9.59 Å². The molecule has 2 aliphatic rings. The summed E-state index contributed by atoms with van der Waals surface area (Å²) in [6.07, 6.45) is 6.71. The number of amides is 2. The minimum atomic E-state index is -0.0533. The number of hydrogen-bond donors (Lipinski definition) is 2. The van der Waals surface area contributed by atoms with Crippen LogP contribution in [-0.4, -0.2) is 31.4 Å². The Bertz CT molecular complexity index is 625. The van der Waals surface area contributed by atoms with Gasteiger partial charge in [0.2, 0.25) is 11.8 Å². The minimum absolute atomic E-state index is 0.0533. The van der Waals surface area contributed by atoms with E-state index in [1.807, 2.05) is 18.2 Å². The zero-order valence-corrected chi connectivity index (χ0v) is 15.3. The van der Waals surface area contributed by atoms with Crippen molar-refractivity contribution in [2.45, 2.75) is 44.9 Å². The number of nitrogens with zero attached hydrogens (tertiary/aromatic N) is 1. The van der Waals surface area contributed by atoms with Crippen LogP contribution in [0.2, 0.25) is 5.02 Å². The number of rotatable bonds is 7. The maximum absolute atomic E-state index is 12.0. The molecule has 5 nitrogen and oxygen atoms in total. The maximum atomic E-state index is 12.0. The molecule has 6 heteroatoms. The molecule has 1 aliphatic carbocycles. The Balaban J connectivity index is 1.42. The van der Waals surface area contributed by atoms with Crippen LogP contribution in [0.1, 0.15) is 44.9 Å². The molecule has 1 heterocycles. The number of piperidine rings is 1. The fourth-order valence-electron chi connectivity index (χ4n) is 3.15. The number of halogens is 1. The summed E-state index contributed by atoms with van der Waals surface area (Å²) in [6.45, 7) is 2.63. The van der Waals surface area contributed by atoms with Gasteiger partial charge < -0.3 is 15.5 Å². The van der Waals surface area contributed by atoms with Crippen molar-refractivity contribution in [3.05, 3.63) is 23.2 Å². The largest absolute Gasteiger partial charge is 0.370 e. The van der Waals surface area contributed by atoms with Crippen LogP contribution >= 0.6 is 11.6 Å². The summed E-state index contributed by atoms with van der Waals surface area (Å²) >= 11 is 6.40. The fourth-order valence-corrected chi connectivity index (χ4v) is 3.45. The molecule has 0 radical (unpaired) electrons. The van der Waals surface area contributed by atoms with Gasteiger partial charge in [-0.05, 0) is 56.7 Å². The number of carbonyl (C=O) groups excluding carboxylic acids is 2. The van der Waals surface area contributed by atoms with Crippen LogP contribution in [0.4, 0.5) is 11.4 Å². The second-order valence-corrected chi connectivity index (χ2v) is 7.34. The number of anilines is 2. The normalized spacial score (nSPS) is 17.2. The Morgan fingerprint density at radius 3 is 2.60 bits per heavy atom. The summed E-state index contributed by atoms with van der Waals surface area (Å²) < 4.78 is 0. The molecule has 0 bridgehead atoms. The third-order valence-electron chi connectivity index (χ3n) is 4.76. The Morgan fingerprint density at radius 1 is 1.16 bits per heavy atom. The molecule has 1 aromatic rings. The van der Waals surface area contributed by atoms with Gasteiger partial charge in [0.25, 0.3) is 0 Å². The van der Waals surface area contributed by atoms with Crippen molar-refractivity contribution in [1.29, 1.82) is 0 Å². The van der Waals surface area contributed by atoms with E-state index in [0.717, 1.165) is 37.3 Å². The van der Waals surface area contributed by atoms with Gasteiger partial charge in [0.15, 0.2) is 0 Å². The first kappa shape index (κ1) is 18.1. The molecule has 2 N–H and O–H groups in total. The highest BCUT2D eigenvalue weighted by atomic mass is 35.5. The quantitative estimate of drug-likeness (QED) is 0.728. The van der Waals surface area contributed by atoms with E-state index in [0.29, 0.717) is 24.4 Å². The molecule has 1 aromatic carbocycles. The van der Waals surface area contributed by atoms with Gasteiger partial charge in [0.05, 0.1) is 10.7 Å². The van der Waals surface area contributed by atoms with Crippen LogP contribution in [0.3, 0.4) is 0 Å². The number of hydrogen-bond acceptors (Lipinski definition) is 3. The molecule has 136 valence electrons. The van der Waals surface area contributed by atoms with Crippen molar-refractivity contribution in [3.63, 3.8) is 0 Å². The molecule has 1 aliphatic heterocycles. The van der Waals surface area contributed by atoms with Crippen molar-refractivity contribution in [2.75, 3.05) is 29.9 Å². The van der Waals surface area contributed by atoms with Gasteiger partial charge in [-0.1, -0.05) is 11.6 Å². The first-order valence-electron chi connectivity index (χ1n) is 9.25. The molecule has 1 saturated carbocycles. The number of carbonyl (C=O) groups is 2. The van der Waals surface area contributed by atoms with E-state index >= 15 is 0 Å². The second-order valence-electron chi connectivity index (χ2n) is 6.93. The van der Waals surface area contributed by atoms with E-state index in [-0.39, 0.29) is 17.7 Å². The summed E-state index contributed by atoms with van der Waals surface area (Å²) in [5, 5.41) is 6.43. The predicted octanol–water partition coefficient (Wildman–Crippen LogP) is 3.58. The van der Waals surface area contributed by atoms with Crippen LogP contribution < -0.4 is 15.5 Å². The zero-order valence-electron chi connectivity index (χ0n) is 14.5. The molecular weight excluding hydrogens is 338 g/mol. The maximum Gasteiger partial charge on any atom is 0.224 e. The molecule has 0 aromatic heterocycles. The summed E-state index contributed by atoms with van der Waals surface area (Å²) in [7, 11) is 0. The van der Waals surface area contributed by atoms with Crippen molar-refractivity contribution in [2.24, 2.45) is 5.92 Å². The molecule has 3 rings (SSSR count). The molecule has 0 spiro atoms. The van der Waals surface area contributed by atoms with Gasteiger partial charge in [-0.25, -0.2) is 0 Å². The summed E-state index contributed by atoms with van der Waals surface area (Å²) in [6, 6.07) is 5.71. The van der Waals surface area contributed by atoms with E-state index in [9.17, 15) is 9.59 Å². The van der Waals surface area contributed by atoms with E-state index in [2.05, 4.69) is 15.5 Å². The van der Waals surface area contributed by atoms with E-state index in [4.69, 9.17) is 11.6 Å². The van der Waals surface area contributed by atoms with Gasteiger partial charge in [-0.15, -0.1) is 0 Å². The van der Waals surface area contributed by atoms with Crippen LogP contribution in [-0.2, 0) is 9.59 Å². The predicted molar refractivity (Wildman–Crippen MR) is 101 cm³/mol. The Morgan fingerprint density at radius 2 is 1.92 bits per heavy atom. The van der Waals surface area contributed by atoms with Gasteiger partial charge in [-0.2, -0.15) is 0 Å². The standard InChI is InChI=1S/C19H26ClN3O2/c20-16-13-15(8-9-17(16)23-11-2-1-3-12-23)22-18(24)5-4-10-21-19(25)14-6-7-14/h8-9,13-14H,1-7,10-12H2,(H,21,25)(H,22,24). The van der Waals surface area contributed by atoms with Crippen molar-refractivity contribution < 1.29 is 9.59 Å². The first-order valence-corrected chi connectivity index (χ1v) is 9.63. The zero-order chi connectivity index (χ0) is 17.6. The third-order valence-corrected chi connectivity index (χ3v) is 5.06. The minimum Gasteiger partial charge on any atom is -0.370 e. The summed E-state index contributed by atoms with van der Waals surface area (Å²) in [4.78, 5) is 25.8. The molecule has 0 unspecified atom stereocenters. The summed E-state index contributed by atoms with van der Waals surface area (Å²) in [5.41, 5.74) is 1.76. The smallest absolute Gasteiger partial charge is 0.224 e. The van der Waals surface area contributed by atoms with E-state index < -0.39 is 0 Å². The van der Waals surface area contributed by atoms with Gasteiger partial charge in [0, 0.05) is 37.7 Å². The Labute approximate surface area is 154 Å². The fraction of sp³-hybridized carbons (Fsp3) is 0.579. The van der Waals surface area contributed by atoms with Crippen LogP contribution in [0.15, 0.2) is 18.2 Å². The highest BCUT2D eigenvalue weighted by molar-refractivity contribution is 6.33. The van der Waals surface area contributed by atoms with Crippen molar-refractivity contribution in [3.8, 4) is 0 Å². The number of nitrogens with one attached hydrogen (secondary N) is 2. The lowest BCUT2D eigenvalue weighted by Gasteiger charge is -2.29. The average Bonchev–Trinajstić information content (AvgIpc) is 3.44. The Kier molecular flexibility index (Phi) is 6.19. The van der Waals surface area contributed by atoms with Crippen molar-refractivity contribution in [1.82, 2.24) is 5.32 Å². The highest BCUT2D eigenvalue weighted by Gasteiger charge is 2.29. The van der Waals surface area contributed by atoms with Crippen LogP contribution in [0.25, 0.3) is 0 Å². The molecule has 2 fully saturated rings. The summed E-state index contributed by atoms with van der Waals surface area (Å²) in [5.74, 6) is 0.289. The SMILES string of the molecule is O=C(CCCNC(=O)C1CC1)Nc1ccc(N2CCCCC2)c(Cl)c1. The lowest BCUT2D eigenvalue weighted by atomic mass is 10.1. The lowest BCUT2D eigenvalue weighted by Crippen LogP contribution is -2.29. The van der Waals surface area contributed by atoms with Gasteiger partial charge in [0.1, 0.15) is 0 Å². The molecular formula is C19H26ClN3O2. The molecule has 25 heavy (non-hydrogen) atoms. The molecule has 2 amide bonds. The third kappa shape index (κ3) is 5.36. The Hall–Kier alpha value is -1.75. The van der Waals surface area contributed by atoms with Crippen LogP contribution in [0.5, 0.6) is 0 Å². The lowest BCUT2D eigenvalue weighted by molar-refractivity contribution is -0.122. The highest BCUT2D eigenvalue weighted by Crippen LogP contribution is 2.31. The second kappa shape index (κ2) is 8.56. The number of benzene rings is 1. The first-order chi connectivity index (χ1) is 12.1.